The zero-order valence-corrected chi connectivity index (χ0v) is 111. The van der Waals surface area contributed by atoms with Crippen LogP contribution in [-0.2, 0) is 105 Å². The molecule has 149 heavy (non-hydrogen) atoms. The van der Waals surface area contributed by atoms with Gasteiger partial charge in [0.2, 0.25) is 6.43 Å². The summed E-state index contributed by atoms with van der Waals surface area (Å²) in [6.07, 6.45) is 24.6. The van der Waals surface area contributed by atoms with Gasteiger partial charge in [0.05, 0.1) is 19.8 Å². The van der Waals surface area contributed by atoms with E-state index in [1.165, 1.54) is 115 Å². The van der Waals surface area contributed by atoms with Crippen LogP contribution in [0.4, 0.5) is 0 Å². The van der Waals surface area contributed by atoms with Crippen molar-refractivity contribution in [3.63, 3.8) is 0 Å². The Labute approximate surface area is 1020 Å². The molecule has 0 radical (unpaired) electrons. The van der Waals surface area contributed by atoms with E-state index in [9.17, 15) is 43.2 Å². The third kappa shape index (κ3) is 70.4. The number of unbranched alkanes of at least 4 members (excludes halogenated alkanes) is 1. The first-order valence-corrected chi connectivity index (χ1v) is 63.2. The minimum Gasteiger partial charge on any atom is -0.465 e. The van der Waals surface area contributed by atoms with E-state index >= 15 is 0 Å². The van der Waals surface area contributed by atoms with Crippen LogP contribution >= 0.6 is 271 Å². The molecule has 6 N–H and O–H groups in total. The van der Waals surface area contributed by atoms with Crippen LogP contribution in [0, 0.1) is 11.8 Å². The number of rotatable bonds is 49. The number of esters is 9. The normalized spacial score (nSPS) is 13.0. The molecule has 0 aromatic heterocycles. The van der Waals surface area contributed by atoms with Gasteiger partial charge in [-0.2, -0.15) is 0 Å². The first kappa shape index (κ1) is 142. The number of carbonyl (C=O) groups is 9. The van der Waals surface area contributed by atoms with E-state index in [-0.39, 0.29) is 56.3 Å². The summed E-state index contributed by atoms with van der Waals surface area (Å²) in [6, 6.07) is 67.8. The Bertz CT molecular complexity index is 4970. The molecule has 41 heteroatoms. The number of benzene rings is 8. The number of hydrogen-bond donors (Lipinski definition) is 6. The average molecular weight is 3170 g/mol. The summed E-state index contributed by atoms with van der Waals surface area (Å²) < 4.78 is 42.0. The molecule has 826 valence electrons. The van der Waals surface area contributed by atoms with Crippen LogP contribution in [0.1, 0.15) is 164 Å². The van der Waals surface area contributed by atoms with Crippen molar-refractivity contribution in [3.05, 3.63) is 265 Å². The second-order valence-corrected chi connectivity index (χ2v) is 62.8. The summed E-state index contributed by atoms with van der Waals surface area (Å²) in [5, 5.41) is 23.2. The lowest BCUT2D eigenvalue weighted by atomic mass is 9.86. The standard InChI is InChI=1S/C17H29BrO2.2C15H14Br2O2.C12H16BrNO2.C12H14BrNO2.C11H12Br3NO2.C11H14BrNO2.C8H14Br3NO2.C7H10Br3NO2/c18-16(15-11-5-2-6-12-15)17(19)20-13-7-10-14-8-3-1-4-9-14;16-14(17)15(18)19-10-4-8-12-7-3-6-11-5-1-2-9-13(11)12;16-14(17)15(18)19-9-3-4-11-7-8-12-5-1-2-6-13(12)10-11;2*1-2-14-8-9-16-12(15)11(13)10-6-4-3-5-7-10;12-11(13,14)10(16)17-7-6-15-8-9-4-2-1-3-5-9;1-13-7-8-15-11(14)10(12)9-5-3-2-4-6-9;1-2-3-4-12-5-6-14-7(13)8(9,10)11;1-2-3-11-4-5-13-6(12)7(8,9)10/h14-16H,1-13H2;1-3,5-7,9,14H,4,8,10H2;1-2,5-8,10,14H,3-4,9H2;3-7,11,14H,2,8-9H2,1H3;2-7,11,14H,1,8-9H2;1-5,15H,6-8H2;2-6,10,13H,7-8H2,1H3;12H,2-6H2,1H3;2,11H,1,3-5H2. The van der Waals surface area contributed by atoms with Crippen molar-refractivity contribution < 1.29 is 85.8 Å². The molecule has 4 atom stereocenters. The van der Waals surface area contributed by atoms with Crippen molar-refractivity contribution in [3.8, 4) is 0 Å². The maximum absolute atomic E-state index is 12.0. The molecule has 2 saturated carbocycles. The number of likely N-dealkylation sites (N-methyl/N-ethyl adjacent to an activating group) is 2. The van der Waals surface area contributed by atoms with Crippen molar-refractivity contribution in [2.45, 2.75) is 169 Å². The van der Waals surface area contributed by atoms with Gasteiger partial charge in [0, 0.05) is 52.4 Å². The topological polar surface area (TPSA) is 309 Å². The monoisotopic (exact) mass is 3150 g/mol. The second-order valence-electron chi connectivity index (χ2n) is 32.7. The maximum Gasteiger partial charge on any atom is 0.344 e. The number of halogens is 17. The summed E-state index contributed by atoms with van der Waals surface area (Å²) in [5.41, 5.74) is 6.48. The summed E-state index contributed by atoms with van der Waals surface area (Å²) in [7, 11) is 1.82. The zero-order chi connectivity index (χ0) is 110. The Hall–Kier alpha value is -3.25. The summed E-state index contributed by atoms with van der Waals surface area (Å²) in [6.45, 7) is 22.0. The molecule has 4 unspecified atom stereocenters. The molecule has 0 spiro atoms. The van der Waals surface area contributed by atoms with Crippen molar-refractivity contribution in [2.24, 2.45) is 11.8 Å². The maximum atomic E-state index is 12.0. The largest absolute Gasteiger partial charge is 0.465 e. The van der Waals surface area contributed by atoms with Gasteiger partial charge in [0.25, 0.3) is 0 Å². The molecule has 8 aromatic rings. The van der Waals surface area contributed by atoms with E-state index in [4.69, 9.17) is 42.6 Å². The number of ether oxygens (including phenoxy) is 9. The fraction of sp³-hybridized carbons (Fsp3) is 0.472. The number of nitrogens with one attached hydrogen (secondary N) is 6. The first-order valence-electron chi connectivity index (χ1n) is 48.7. The molecule has 2 fully saturated rings. The van der Waals surface area contributed by atoms with Crippen LogP contribution in [-0.4, -0.2) is 198 Å². The predicted octanol–water partition coefficient (Wildman–Crippen LogP) is 28.7. The van der Waals surface area contributed by atoms with Gasteiger partial charge in [0.15, 0.2) is 7.47 Å². The average Bonchev–Trinajstić information content (AvgIpc) is 0.830. The number of aryl methyl sites for hydroxylation is 2. The SMILES string of the molecule is C=CCNCCOC(=O)C(Br)(Br)Br.C=CNCCOC(=O)C(Br)c1ccccc1.CCCCNCCOC(=O)C(Br)(Br)Br.CCNCCOC(=O)C(Br)c1ccccc1.CNCCOC(=O)C(Br)c1ccccc1.O=C(OCCCC1CCCCC1)C(Br)C1CCCCC1.O=C(OCCCc1ccc2ccccc2c1)C(Br)Br.O=C(OCCCc1cccc2ccccc12)C(Br)Br.O=C(OCCNCc1ccccc1)C(Br)(Br)Br. The van der Waals surface area contributed by atoms with Crippen molar-refractivity contribution >= 4 is 346 Å². The number of alkyl halides is 17. The third-order valence-electron chi connectivity index (χ3n) is 21.1. The molecule has 0 aliphatic heterocycles. The lowest BCUT2D eigenvalue weighted by molar-refractivity contribution is -0.145. The number of hydrogen-bond acceptors (Lipinski definition) is 24. The van der Waals surface area contributed by atoms with E-state index in [1.807, 2.05) is 160 Å². The van der Waals surface area contributed by atoms with Gasteiger partial charge in [-0.15, -0.1) is 6.58 Å². The fourth-order valence-electron chi connectivity index (χ4n) is 13.4. The highest BCUT2D eigenvalue weighted by atomic mass is 80.0. The second kappa shape index (κ2) is 88.6. The van der Waals surface area contributed by atoms with Gasteiger partial charge in [-0.25, -0.2) is 24.0 Å². The van der Waals surface area contributed by atoms with E-state index in [1.54, 1.807) is 12.3 Å². The minimum absolute atomic E-state index is 0.0273. The fourth-order valence-corrected chi connectivity index (χ4v) is 17.0. The zero-order valence-electron chi connectivity index (χ0n) is 83.8. The molecule has 2 aliphatic rings. The molecule has 0 saturated heterocycles. The van der Waals surface area contributed by atoms with Crippen LogP contribution < -0.4 is 31.9 Å². The third-order valence-corrected chi connectivity index (χ3v) is 29.3. The summed E-state index contributed by atoms with van der Waals surface area (Å²) in [5.74, 6) is -1.17. The lowest BCUT2D eigenvalue weighted by Crippen LogP contribution is -2.28. The quantitative estimate of drug-likeness (QED) is 0.00678. The molecule has 0 amide bonds. The van der Waals surface area contributed by atoms with Crippen LogP contribution in [0.5, 0.6) is 0 Å². The highest BCUT2D eigenvalue weighted by molar-refractivity contribution is 9.41. The van der Waals surface area contributed by atoms with Gasteiger partial charge in [0.1, 0.15) is 58.9 Å². The highest BCUT2D eigenvalue weighted by Gasteiger charge is 2.33. The van der Waals surface area contributed by atoms with Crippen molar-refractivity contribution in [1.29, 1.82) is 0 Å². The minimum atomic E-state index is -0.980. The molecule has 10 rings (SSSR count). The van der Waals surface area contributed by atoms with Gasteiger partial charge < -0.3 is 74.5 Å². The van der Waals surface area contributed by atoms with Gasteiger partial charge in [-0.1, -0.05) is 418 Å². The number of fused-ring (bicyclic) bond motifs is 2. The molecule has 8 aromatic carbocycles. The van der Waals surface area contributed by atoms with Crippen LogP contribution in [0.15, 0.2) is 232 Å². The first-order chi connectivity index (χ1) is 71.3. The Balaban J connectivity index is 0.000000568. The van der Waals surface area contributed by atoms with Crippen molar-refractivity contribution in [2.75, 3.05) is 125 Å². The van der Waals surface area contributed by atoms with E-state index in [2.05, 4.69) is 383 Å². The van der Waals surface area contributed by atoms with Crippen LogP contribution in [0.3, 0.4) is 0 Å². The predicted molar refractivity (Wildman–Crippen MR) is 664 cm³/mol. The molecular formula is C108H137Br17N6O18. The van der Waals surface area contributed by atoms with Gasteiger partial charge >= 0.3 is 53.7 Å². The summed E-state index contributed by atoms with van der Waals surface area (Å²) in [4.78, 5) is 102. The highest BCUT2D eigenvalue weighted by Crippen LogP contribution is 2.38. The van der Waals surface area contributed by atoms with E-state index in [0.29, 0.717) is 111 Å². The van der Waals surface area contributed by atoms with Gasteiger partial charge in [-0.05, 0) is 294 Å². The molecule has 24 nitrogen and oxygen atoms in total. The summed E-state index contributed by atoms with van der Waals surface area (Å²) >= 11 is 53.6. The Kier molecular flexibility index (Phi) is 84.3. The lowest BCUT2D eigenvalue weighted by Gasteiger charge is -2.25. The Morgan fingerprint density at radius 1 is 0.362 bits per heavy atom. The smallest absolute Gasteiger partial charge is 0.344 e. The molecule has 0 heterocycles. The van der Waals surface area contributed by atoms with E-state index < -0.39 is 30.7 Å². The van der Waals surface area contributed by atoms with Crippen LogP contribution in [0.25, 0.3) is 21.5 Å². The van der Waals surface area contributed by atoms with E-state index in [0.717, 1.165) is 80.8 Å². The molecular weight excluding hydrogens is 3030 g/mol. The Morgan fingerprint density at radius 3 is 1.22 bits per heavy atom. The van der Waals surface area contributed by atoms with Gasteiger partial charge in [-0.3, -0.25) is 19.2 Å². The molecule has 2 aliphatic carbocycles. The number of carbonyl (C=O) groups excluding carboxylic acids is 9. The Morgan fingerprint density at radius 2 is 0.758 bits per heavy atom. The van der Waals surface area contributed by atoms with Crippen LogP contribution in [0.2, 0.25) is 0 Å². The van der Waals surface area contributed by atoms with Crippen molar-refractivity contribution in [1.82, 2.24) is 31.9 Å². The molecule has 0 bridgehead atoms.